The topological polar surface area (TPSA) is 87.9 Å². The normalized spacial score (nSPS) is 15.7. The third-order valence-corrected chi connectivity index (χ3v) is 3.60. The standard InChI is InChI=1S/C14H19N3O4.2ClH/c1-3-11(16-6-4-15-5-7-16)10-8-12(17(19)20)14(18)13(9-10)21-2;;/h3,8-9,11,15,18H,1,4-7H2,2H3;2*1H/t11-;;/m0../s1. The molecule has 1 aliphatic heterocycles. The number of ether oxygens (including phenoxy) is 1. The number of benzene rings is 1. The fraction of sp³-hybridized carbons (Fsp3) is 0.429. The van der Waals surface area contributed by atoms with Crippen molar-refractivity contribution in [3.05, 3.63) is 40.5 Å². The largest absolute Gasteiger partial charge is 0.500 e. The number of hydrogen-bond donors (Lipinski definition) is 2. The van der Waals surface area contributed by atoms with Gasteiger partial charge in [0.05, 0.1) is 18.1 Å². The summed E-state index contributed by atoms with van der Waals surface area (Å²) in [5, 5.41) is 24.2. The predicted octanol–water partition coefficient (Wildman–Crippen LogP) is 2.28. The zero-order valence-corrected chi connectivity index (χ0v) is 14.4. The number of nitro benzene ring substituents is 1. The summed E-state index contributed by atoms with van der Waals surface area (Å²) in [5.74, 6) is -0.351. The Hall–Kier alpha value is -1.54. The van der Waals surface area contributed by atoms with Crippen molar-refractivity contribution in [1.82, 2.24) is 10.2 Å². The summed E-state index contributed by atoms with van der Waals surface area (Å²) in [6, 6.07) is 2.85. The van der Waals surface area contributed by atoms with Gasteiger partial charge in [0.1, 0.15) is 0 Å². The van der Waals surface area contributed by atoms with Gasteiger partial charge in [0.2, 0.25) is 5.75 Å². The molecule has 0 unspecified atom stereocenters. The Morgan fingerprint density at radius 1 is 1.43 bits per heavy atom. The summed E-state index contributed by atoms with van der Waals surface area (Å²) in [4.78, 5) is 12.6. The van der Waals surface area contributed by atoms with Crippen LogP contribution in [-0.4, -0.2) is 48.2 Å². The van der Waals surface area contributed by atoms with Crippen molar-refractivity contribution in [2.75, 3.05) is 33.3 Å². The van der Waals surface area contributed by atoms with Gasteiger partial charge in [-0.25, -0.2) is 0 Å². The third-order valence-electron chi connectivity index (χ3n) is 3.60. The molecule has 1 atom stereocenters. The van der Waals surface area contributed by atoms with Gasteiger partial charge in [0, 0.05) is 32.2 Å². The number of nitrogens with zero attached hydrogens (tertiary/aromatic N) is 2. The van der Waals surface area contributed by atoms with Crippen LogP contribution in [0.3, 0.4) is 0 Å². The molecule has 0 amide bonds. The maximum absolute atomic E-state index is 11.1. The van der Waals surface area contributed by atoms with Crippen LogP contribution in [0.25, 0.3) is 0 Å². The van der Waals surface area contributed by atoms with E-state index in [2.05, 4.69) is 16.8 Å². The highest BCUT2D eigenvalue weighted by atomic mass is 35.5. The van der Waals surface area contributed by atoms with Crippen LogP contribution in [0.1, 0.15) is 11.6 Å². The van der Waals surface area contributed by atoms with Gasteiger partial charge in [-0.15, -0.1) is 31.4 Å². The summed E-state index contributed by atoms with van der Waals surface area (Å²) >= 11 is 0. The third kappa shape index (κ3) is 4.71. The van der Waals surface area contributed by atoms with Gasteiger partial charge >= 0.3 is 5.69 Å². The van der Waals surface area contributed by atoms with Crippen LogP contribution in [0.2, 0.25) is 0 Å². The lowest BCUT2D eigenvalue weighted by atomic mass is 10.0. The molecular weight excluding hydrogens is 345 g/mol. The Morgan fingerprint density at radius 2 is 2.04 bits per heavy atom. The molecule has 1 fully saturated rings. The lowest BCUT2D eigenvalue weighted by molar-refractivity contribution is -0.386. The fourth-order valence-electron chi connectivity index (χ4n) is 2.54. The molecule has 0 saturated carbocycles. The van der Waals surface area contributed by atoms with Crippen molar-refractivity contribution in [3.63, 3.8) is 0 Å². The smallest absolute Gasteiger partial charge is 0.315 e. The summed E-state index contributed by atoms with van der Waals surface area (Å²) in [5.41, 5.74) is 0.333. The first-order valence-corrected chi connectivity index (χ1v) is 6.71. The molecule has 1 aliphatic rings. The highest BCUT2D eigenvalue weighted by Gasteiger charge is 2.25. The summed E-state index contributed by atoms with van der Waals surface area (Å²) < 4.78 is 5.04. The average Bonchev–Trinajstić information content (AvgIpc) is 2.50. The van der Waals surface area contributed by atoms with E-state index in [1.54, 1.807) is 12.1 Å². The van der Waals surface area contributed by atoms with Crippen molar-refractivity contribution in [2.45, 2.75) is 6.04 Å². The van der Waals surface area contributed by atoms with Crippen LogP contribution in [0.15, 0.2) is 24.8 Å². The van der Waals surface area contributed by atoms with E-state index in [4.69, 9.17) is 4.74 Å². The first kappa shape index (κ1) is 21.5. The summed E-state index contributed by atoms with van der Waals surface area (Å²) in [7, 11) is 1.37. The maximum Gasteiger partial charge on any atom is 0.315 e. The van der Waals surface area contributed by atoms with Gasteiger partial charge in [-0.3, -0.25) is 15.0 Å². The van der Waals surface area contributed by atoms with Gasteiger partial charge in [0.25, 0.3) is 0 Å². The zero-order valence-electron chi connectivity index (χ0n) is 12.7. The number of aromatic hydroxyl groups is 1. The molecule has 23 heavy (non-hydrogen) atoms. The van der Waals surface area contributed by atoms with Crippen LogP contribution in [-0.2, 0) is 0 Å². The summed E-state index contributed by atoms with van der Waals surface area (Å²) in [6.07, 6.45) is 1.75. The number of phenols is 1. The van der Waals surface area contributed by atoms with Crippen molar-refractivity contribution < 1.29 is 14.8 Å². The van der Waals surface area contributed by atoms with Crippen molar-refractivity contribution in [1.29, 1.82) is 0 Å². The molecule has 7 nitrogen and oxygen atoms in total. The molecule has 0 aromatic heterocycles. The molecule has 1 aromatic carbocycles. The first-order chi connectivity index (χ1) is 10.1. The number of halogens is 2. The number of piperazine rings is 1. The highest BCUT2D eigenvalue weighted by Crippen LogP contribution is 2.39. The molecular formula is C14H21Cl2N3O4. The van der Waals surface area contributed by atoms with Crippen LogP contribution in [0, 0.1) is 10.1 Å². The minimum Gasteiger partial charge on any atom is -0.500 e. The van der Waals surface area contributed by atoms with E-state index in [0.29, 0.717) is 5.56 Å². The number of nitro groups is 1. The lowest BCUT2D eigenvalue weighted by Crippen LogP contribution is -2.44. The molecule has 9 heteroatoms. The number of phenolic OH excluding ortho intramolecular Hbond substituents is 1. The zero-order chi connectivity index (χ0) is 15.4. The number of rotatable bonds is 5. The molecule has 2 rings (SSSR count). The Balaban J connectivity index is 0.00000242. The van der Waals surface area contributed by atoms with Crippen molar-refractivity contribution in [2.24, 2.45) is 0 Å². The lowest BCUT2D eigenvalue weighted by Gasteiger charge is -2.33. The second kappa shape index (κ2) is 9.57. The summed E-state index contributed by atoms with van der Waals surface area (Å²) in [6.45, 7) is 7.21. The van der Waals surface area contributed by atoms with Gasteiger partial charge < -0.3 is 15.2 Å². The Morgan fingerprint density at radius 3 is 2.52 bits per heavy atom. The van der Waals surface area contributed by atoms with Gasteiger partial charge in [-0.05, 0) is 11.6 Å². The fourth-order valence-corrected chi connectivity index (χ4v) is 2.54. The van der Waals surface area contributed by atoms with Crippen LogP contribution >= 0.6 is 24.8 Å². The molecule has 0 bridgehead atoms. The predicted molar refractivity (Wildman–Crippen MR) is 93.2 cm³/mol. The highest BCUT2D eigenvalue weighted by molar-refractivity contribution is 5.85. The van der Waals surface area contributed by atoms with Crippen molar-refractivity contribution in [3.8, 4) is 11.5 Å². The van der Waals surface area contributed by atoms with E-state index >= 15 is 0 Å². The second-order valence-corrected chi connectivity index (χ2v) is 4.81. The molecule has 1 heterocycles. The minimum atomic E-state index is -0.612. The van der Waals surface area contributed by atoms with E-state index < -0.39 is 10.7 Å². The first-order valence-electron chi connectivity index (χ1n) is 6.71. The van der Waals surface area contributed by atoms with E-state index in [1.807, 2.05) is 0 Å². The van der Waals surface area contributed by atoms with Gasteiger partial charge in [-0.1, -0.05) is 6.08 Å². The molecule has 1 aromatic rings. The molecule has 0 spiro atoms. The van der Waals surface area contributed by atoms with E-state index in [-0.39, 0.29) is 42.3 Å². The van der Waals surface area contributed by atoms with Gasteiger partial charge in [0.15, 0.2) is 5.75 Å². The Labute approximate surface area is 147 Å². The van der Waals surface area contributed by atoms with Crippen LogP contribution in [0.5, 0.6) is 11.5 Å². The number of nitrogens with one attached hydrogen (secondary N) is 1. The van der Waals surface area contributed by atoms with Gasteiger partial charge in [-0.2, -0.15) is 0 Å². The number of hydrogen-bond acceptors (Lipinski definition) is 6. The monoisotopic (exact) mass is 365 g/mol. The molecule has 0 radical (unpaired) electrons. The maximum atomic E-state index is 11.1. The molecule has 2 N–H and O–H groups in total. The van der Waals surface area contributed by atoms with E-state index in [9.17, 15) is 15.2 Å². The van der Waals surface area contributed by atoms with Crippen LogP contribution < -0.4 is 10.1 Å². The average molecular weight is 366 g/mol. The quantitative estimate of drug-likeness (QED) is 0.472. The second-order valence-electron chi connectivity index (χ2n) is 4.81. The SMILES string of the molecule is C=C[C@@H](c1cc(OC)c(O)c([N+](=O)[O-])c1)N1CCNCC1.Cl.Cl. The van der Waals surface area contributed by atoms with Crippen molar-refractivity contribution >= 4 is 30.5 Å². The number of methoxy groups -OCH3 is 1. The van der Waals surface area contributed by atoms with Crippen LogP contribution in [0.4, 0.5) is 5.69 Å². The van der Waals surface area contributed by atoms with E-state index in [0.717, 1.165) is 26.2 Å². The minimum absolute atomic E-state index is 0. The van der Waals surface area contributed by atoms with E-state index in [1.165, 1.54) is 13.2 Å². The Bertz CT molecular complexity index is 551. The Kier molecular flexibility index (Phi) is 8.93. The molecule has 130 valence electrons. The molecule has 0 aliphatic carbocycles. The molecule has 1 saturated heterocycles.